The summed E-state index contributed by atoms with van der Waals surface area (Å²) in [5.74, 6) is 0.555. The molecule has 0 aliphatic heterocycles. The average Bonchev–Trinajstić information content (AvgIpc) is 2.26. The van der Waals surface area contributed by atoms with Gasteiger partial charge in [-0.3, -0.25) is 9.59 Å². The van der Waals surface area contributed by atoms with E-state index in [9.17, 15) is 9.59 Å². The lowest BCUT2D eigenvalue weighted by molar-refractivity contribution is -0.116. The second-order valence-electron chi connectivity index (χ2n) is 3.35. The van der Waals surface area contributed by atoms with Crippen LogP contribution in [0.2, 0.25) is 0 Å². The molecule has 0 aromatic heterocycles. The molecule has 15 heavy (non-hydrogen) atoms. The summed E-state index contributed by atoms with van der Waals surface area (Å²) in [7, 11) is 0. The first-order valence-corrected chi connectivity index (χ1v) is 5.86. The van der Waals surface area contributed by atoms with Crippen molar-refractivity contribution in [3.8, 4) is 0 Å². The van der Waals surface area contributed by atoms with Crippen molar-refractivity contribution in [2.24, 2.45) is 0 Å². The van der Waals surface area contributed by atoms with Gasteiger partial charge in [-0.2, -0.15) is 0 Å². The van der Waals surface area contributed by atoms with E-state index in [-0.39, 0.29) is 16.8 Å². The Morgan fingerprint density at radius 1 is 1.27 bits per heavy atom. The van der Waals surface area contributed by atoms with E-state index in [4.69, 9.17) is 0 Å². The molecular weight excluding hydrogens is 208 g/mol. The van der Waals surface area contributed by atoms with E-state index >= 15 is 0 Å². The molecule has 3 heteroatoms. The molecule has 0 amide bonds. The van der Waals surface area contributed by atoms with Gasteiger partial charge in [0.25, 0.3) is 0 Å². The molecule has 1 unspecified atom stereocenters. The molecule has 0 heterocycles. The first-order valence-electron chi connectivity index (χ1n) is 4.81. The van der Waals surface area contributed by atoms with Crippen LogP contribution in [0.1, 0.15) is 24.2 Å². The van der Waals surface area contributed by atoms with Crippen molar-refractivity contribution in [2.45, 2.75) is 19.1 Å². The third kappa shape index (κ3) is 3.88. The Labute approximate surface area is 94.1 Å². The monoisotopic (exact) mass is 222 g/mol. The van der Waals surface area contributed by atoms with Crippen molar-refractivity contribution in [3.63, 3.8) is 0 Å². The highest BCUT2D eigenvalue weighted by Gasteiger charge is 2.11. The van der Waals surface area contributed by atoms with Gasteiger partial charge in [-0.25, -0.2) is 0 Å². The highest BCUT2D eigenvalue weighted by atomic mass is 32.2. The summed E-state index contributed by atoms with van der Waals surface area (Å²) < 4.78 is 0. The Morgan fingerprint density at radius 3 is 2.40 bits per heavy atom. The second-order valence-corrected chi connectivity index (χ2v) is 4.68. The molecule has 1 aromatic rings. The van der Waals surface area contributed by atoms with Crippen molar-refractivity contribution in [1.82, 2.24) is 0 Å². The van der Waals surface area contributed by atoms with Crippen LogP contribution in [0.4, 0.5) is 0 Å². The van der Waals surface area contributed by atoms with Crippen LogP contribution in [0.15, 0.2) is 30.3 Å². The van der Waals surface area contributed by atoms with Gasteiger partial charge in [-0.05, 0) is 13.8 Å². The van der Waals surface area contributed by atoms with Crippen LogP contribution in [0.5, 0.6) is 0 Å². The van der Waals surface area contributed by atoms with E-state index in [0.717, 1.165) is 0 Å². The first kappa shape index (κ1) is 12.0. The van der Waals surface area contributed by atoms with Crippen LogP contribution >= 0.6 is 11.8 Å². The van der Waals surface area contributed by atoms with Gasteiger partial charge in [0, 0.05) is 5.56 Å². The zero-order valence-corrected chi connectivity index (χ0v) is 9.71. The second kappa shape index (κ2) is 5.71. The van der Waals surface area contributed by atoms with Crippen molar-refractivity contribution in [1.29, 1.82) is 0 Å². The molecule has 0 saturated heterocycles. The minimum atomic E-state index is -0.0994. The molecule has 80 valence electrons. The van der Waals surface area contributed by atoms with Crippen LogP contribution in [0.25, 0.3) is 0 Å². The van der Waals surface area contributed by atoms with E-state index in [1.165, 1.54) is 11.8 Å². The average molecular weight is 222 g/mol. The fourth-order valence-electron chi connectivity index (χ4n) is 1.03. The molecule has 0 aliphatic carbocycles. The Hall–Kier alpha value is -1.09. The van der Waals surface area contributed by atoms with Gasteiger partial charge < -0.3 is 0 Å². The largest absolute Gasteiger partial charge is 0.299 e. The highest BCUT2D eigenvalue weighted by Crippen LogP contribution is 2.13. The fourth-order valence-corrected chi connectivity index (χ4v) is 1.83. The van der Waals surface area contributed by atoms with Gasteiger partial charge in [0.2, 0.25) is 0 Å². The van der Waals surface area contributed by atoms with E-state index < -0.39 is 0 Å². The SMILES string of the molecule is CC(=O)C(C)SCC(=O)c1ccccc1. The predicted octanol–water partition coefficient (Wildman–Crippen LogP) is 2.58. The van der Waals surface area contributed by atoms with Crippen molar-refractivity contribution in [3.05, 3.63) is 35.9 Å². The van der Waals surface area contributed by atoms with Gasteiger partial charge in [0.1, 0.15) is 5.78 Å². The van der Waals surface area contributed by atoms with Gasteiger partial charge in [-0.1, -0.05) is 30.3 Å². The molecule has 1 aromatic carbocycles. The lowest BCUT2D eigenvalue weighted by atomic mass is 10.2. The molecule has 2 nitrogen and oxygen atoms in total. The van der Waals surface area contributed by atoms with Gasteiger partial charge in [0.15, 0.2) is 5.78 Å². The van der Waals surface area contributed by atoms with Crippen molar-refractivity contribution < 1.29 is 9.59 Å². The molecule has 0 radical (unpaired) electrons. The van der Waals surface area contributed by atoms with Crippen molar-refractivity contribution >= 4 is 23.3 Å². The molecule has 0 aliphatic rings. The standard InChI is InChI=1S/C12H14O2S/c1-9(13)10(2)15-8-12(14)11-6-4-3-5-7-11/h3-7,10H,8H2,1-2H3. The molecular formula is C12H14O2S. The van der Waals surface area contributed by atoms with Gasteiger partial charge in [0.05, 0.1) is 11.0 Å². The number of ketones is 2. The topological polar surface area (TPSA) is 34.1 Å². The molecule has 1 rings (SSSR count). The minimum absolute atomic E-state index is 0.0775. The summed E-state index contributed by atoms with van der Waals surface area (Å²) in [4.78, 5) is 22.6. The molecule has 0 fully saturated rings. The van der Waals surface area contributed by atoms with Crippen LogP contribution in [0.3, 0.4) is 0 Å². The smallest absolute Gasteiger partial charge is 0.172 e. The maximum atomic E-state index is 11.6. The number of thioether (sulfide) groups is 1. The van der Waals surface area contributed by atoms with Crippen LogP contribution in [0, 0.1) is 0 Å². The summed E-state index contributed by atoms with van der Waals surface area (Å²) >= 11 is 1.39. The summed E-state index contributed by atoms with van der Waals surface area (Å²) in [6, 6.07) is 9.14. The van der Waals surface area contributed by atoms with E-state index in [1.807, 2.05) is 25.1 Å². The van der Waals surface area contributed by atoms with Crippen LogP contribution in [-0.2, 0) is 4.79 Å². The lowest BCUT2D eigenvalue weighted by Gasteiger charge is -2.06. The van der Waals surface area contributed by atoms with Gasteiger partial charge in [-0.15, -0.1) is 11.8 Å². The van der Waals surface area contributed by atoms with E-state index in [0.29, 0.717) is 11.3 Å². The molecule has 0 saturated carbocycles. The summed E-state index contributed by atoms with van der Waals surface area (Å²) in [6.45, 7) is 3.37. The fraction of sp³-hybridized carbons (Fsp3) is 0.333. The normalized spacial score (nSPS) is 12.1. The maximum absolute atomic E-state index is 11.6. The Bertz CT molecular complexity index is 346. The minimum Gasteiger partial charge on any atom is -0.299 e. The van der Waals surface area contributed by atoms with Crippen LogP contribution < -0.4 is 0 Å². The zero-order valence-electron chi connectivity index (χ0n) is 8.90. The number of Topliss-reactive ketones (excluding diaryl/α,β-unsaturated/α-hetero) is 2. The maximum Gasteiger partial charge on any atom is 0.172 e. The number of carbonyl (C=O) groups is 2. The summed E-state index contributed by atoms with van der Waals surface area (Å²) in [6.07, 6.45) is 0. The molecule has 0 spiro atoms. The molecule has 1 atom stereocenters. The number of rotatable bonds is 5. The first-order chi connectivity index (χ1) is 7.11. The quantitative estimate of drug-likeness (QED) is 0.718. The Balaban J connectivity index is 2.47. The Morgan fingerprint density at radius 2 is 1.87 bits per heavy atom. The third-order valence-electron chi connectivity index (χ3n) is 2.13. The molecule has 0 bridgehead atoms. The van der Waals surface area contributed by atoms with Crippen molar-refractivity contribution in [2.75, 3.05) is 5.75 Å². The predicted molar refractivity (Wildman–Crippen MR) is 63.4 cm³/mol. The molecule has 0 N–H and O–H groups in total. The number of hydrogen-bond donors (Lipinski definition) is 0. The summed E-state index contributed by atoms with van der Waals surface area (Å²) in [5.41, 5.74) is 0.709. The van der Waals surface area contributed by atoms with Gasteiger partial charge >= 0.3 is 0 Å². The number of hydrogen-bond acceptors (Lipinski definition) is 3. The number of carbonyl (C=O) groups excluding carboxylic acids is 2. The van der Waals surface area contributed by atoms with E-state index in [2.05, 4.69) is 0 Å². The number of benzene rings is 1. The Kier molecular flexibility index (Phi) is 4.56. The third-order valence-corrected chi connectivity index (χ3v) is 3.39. The zero-order chi connectivity index (χ0) is 11.3. The summed E-state index contributed by atoms with van der Waals surface area (Å²) in [5, 5.41) is -0.0994. The van der Waals surface area contributed by atoms with Crippen LogP contribution in [-0.4, -0.2) is 22.6 Å². The lowest BCUT2D eigenvalue weighted by Crippen LogP contribution is -2.12. The van der Waals surface area contributed by atoms with E-state index in [1.54, 1.807) is 19.1 Å². The highest BCUT2D eigenvalue weighted by molar-refractivity contribution is 8.01.